The van der Waals surface area contributed by atoms with Crippen molar-refractivity contribution in [2.24, 2.45) is 0 Å². The molecule has 3 rings (SSSR count). The highest BCUT2D eigenvalue weighted by Gasteiger charge is 2.30. The Bertz CT molecular complexity index is 642. The molecule has 0 bridgehead atoms. The third-order valence-electron chi connectivity index (χ3n) is 3.60. The van der Waals surface area contributed by atoms with E-state index in [9.17, 15) is 9.50 Å². The Morgan fingerprint density at radius 1 is 1.24 bits per heavy atom. The second-order valence-corrected chi connectivity index (χ2v) is 5.01. The fourth-order valence-corrected chi connectivity index (χ4v) is 2.64. The lowest BCUT2D eigenvalue weighted by Gasteiger charge is -2.30. The van der Waals surface area contributed by atoms with Crippen LogP contribution in [0.3, 0.4) is 0 Å². The van der Waals surface area contributed by atoms with Gasteiger partial charge in [-0.15, -0.1) is 0 Å². The van der Waals surface area contributed by atoms with E-state index < -0.39 is 6.10 Å². The fraction of sp³-hybridized carbons (Fsp3) is 0.294. The molecule has 1 heterocycles. The van der Waals surface area contributed by atoms with E-state index >= 15 is 0 Å². The Hall–Kier alpha value is -2.07. The third kappa shape index (κ3) is 2.72. The van der Waals surface area contributed by atoms with E-state index in [4.69, 9.17) is 9.47 Å². The van der Waals surface area contributed by atoms with Crippen LogP contribution in [0.4, 0.5) is 4.39 Å². The Labute approximate surface area is 122 Å². The summed E-state index contributed by atoms with van der Waals surface area (Å²) in [5.41, 5.74) is 1.40. The van der Waals surface area contributed by atoms with E-state index in [0.717, 1.165) is 11.3 Å². The predicted molar refractivity (Wildman–Crippen MR) is 77.0 cm³/mol. The number of hydrogen-bond donors (Lipinski definition) is 1. The minimum Gasteiger partial charge on any atom is -0.493 e. The molecule has 4 heteroatoms. The Kier molecular flexibility index (Phi) is 3.80. The first-order chi connectivity index (χ1) is 10.2. The molecule has 2 atom stereocenters. The topological polar surface area (TPSA) is 38.7 Å². The number of benzene rings is 2. The van der Waals surface area contributed by atoms with E-state index in [1.807, 2.05) is 31.2 Å². The summed E-state index contributed by atoms with van der Waals surface area (Å²) < 4.78 is 24.8. The molecular weight excluding hydrogens is 271 g/mol. The molecule has 0 aliphatic carbocycles. The number of para-hydroxylation sites is 1. The van der Waals surface area contributed by atoms with Gasteiger partial charge in [0, 0.05) is 17.5 Å². The zero-order valence-electron chi connectivity index (χ0n) is 11.8. The summed E-state index contributed by atoms with van der Waals surface area (Å²) >= 11 is 0. The van der Waals surface area contributed by atoms with Crippen LogP contribution in [0, 0.1) is 5.82 Å². The van der Waals surface area contributed by atoms with Gasteiger partial charge >= 0.3 is 0 Å². The van der Waals surface area contributed by atoms with Crippen molar-refractivity contribution >= 4 is 0 Å². The van der Waals surface area contributed by atoms with Gasteiger partial charge in [0.2, 0.25) is 0 Å². The van der Waals surface area contributed by atoms with Gasteiger partial charge in [-0.2, -0.15) is 0 Å². The third-order valence-corrected chi connectivity index (χ3v) is 3.60. The minimum absolute atomic E-state index is 0.305. The first-order valence-corrected chi connectivity index (χ1v) is 7.05. The van der Waals surface area contributed by atoms with Gasteiger partial charge in [-0.1, -0.05) is 18.2 Å². The average Bonchev–Trinajstić information content (AvgIpc) is 2.49. The molecule has 0 saturated heterocycles. The second kappa shape index (κ2) is 5.74. The van der Waals surface area contributed by atoms with E-state index in [2.05, 4.69) is 0 Å². The van der Waals surface area contributed by atoms with Crippen molar-refractivity contribution in [1.29, 1.82) is 0 Å². The summed E-state index contributed by atoms with van der Waals surface area (Å²) in [5, 5.41) is 10.3. The quantitative estimate of drug-likeness (QED) is 0.934. The number of hydrogen-bond acceptors (Lipinski definition) is 3. The van der Waals surface area contributed by atoms with Crippen LogP contribution in [0.2, 0.25) is 0 Å². The maximum atomic E-state index is 13.3. The van der Waals surface area contributed by atoms with Crippen LogP contribution >= 0.6 is 0 Å². The van der Waals surface area contributed by atoms with Crippen molar-refractivity contribution in [1.82, 2.24) is 0 Å². The van der Waals surface area contributed by atoms with Gasteiger partial charge in [-0.25, -0.2) is 4.39 Å². The molecule has 0 spiro atoms. The summed E-state index contributed by atoms with van der Waals surface area (Å²) in [7, 11) is 0. The summed E-state index contributed by atoms with van der Waals surface area (Å²) in [6.07, 6.45) is -0.676. The normalized spacial score (nSPS) is 20.5. The van der Waals surface area contributed by atoms with Gasteiger partial charge in [-0.05, 0) is 31.2 Å². The van der Waals surface area contributed by atoms with Crippen molar-refractivity contribution in [3.05, 3.63) is 59.4 Å². The highest BCUT2D eigenvalue weighted by atomic mass is 19.1. The van der Waals surface area contributed by atoms with Crippen LogP contribution in [-0.4, -0.2) is 11.7 Å². The molecule has 2 aromatic rings. The van der Waals surface area contributed by atoms with Crippen LogP contribution in [-0.2, 0) is 0 Å². The molecule has 0 aromatic heterocycles. The molecule has 0 radical (unpaired) electrons. The molecule has 1 aliphatic heterocycles. The molecule has 1 N–H and O–H groups in total. The minimum atomic E-state index is -0.746. The largest absolute Gasteiger partial charge is 0.493 e. The van der Waals surface area contributed by atoms with Crippen molar-refractivity contribution in [2.45, 2.75) is 25.6 Å². The number of rotatable bonds is 3. The summed E-state index contributed by atoms with van der Waals surface area (Å²) in [5.74, 6) is 0.902. The average molecular weight is 288 g/mol. The van der Waals surface area contributed by atoms with Gasteiger partial charge in [0.1, 0.15) is 23.4 Å². The fourth-order valence-electron chi connectivity index (χ4n) is 2.64. The number of aliphatic hydroxyl groups is 1. The number of fused-ring (bicyclic) bond motifs is 1. The standard InChI is InChI=1S/C17H17FO3/c1-2-20-15-6-4-3-5-12(15)17-10-14(19)13-9-11(18)7-8-16(13)21-17/h3-9,14,17,19H,2,10H2,1H3/t14-,17?/m0/s1. The van der Waals surface area contributed by atoms with Crippen molar-refractivity contribution in [3.8, 4) is 11.5 Å². The Morgan fingerprint density at radius 2 is 2.05 bits per heavy atom. The molecule has 3 nitrogen and oxygen atoms in total. The first kappa shape index (κ1) is 13.9. The smallest absolute Gasteiger partial charge is 0.130 e. The highest BCUT2D eigenvalue weighted by molar-refractivity contribution is 5.42. The van der Waals surface area contributed by atoms with Crippen LogP contribution < -0.4 is 9.47 Å². The second-order valence-electron chi connectivity index (χ2n) is 5.01. The lowest BCUT2D eigenvalue weighted by molar-refractivity contribution is 0.0638. The lowest BCUT2D eigenvalue weighted by atomic mass is 9.94. The summed E-state index contributed by atoms with van der Waals surface area (Å²) in [6.45, 7) is 2.49. The summed E-state index contributed by atoms with van der Waals surface area (Å²) in [4.78, 5) is 0. The van der Waals surface area contributed by atoms with Gasteiger partial charge in [0.25, 0.3) is 0 Å². The van der Waals surface area contributed by atoms with E-state index in [1.54, 1.807) is 6.07 Å². The number of aliphatic hydroxyl groups excluding tert-OH is 1. The van der Waals surface area contributed by atoms with E-state index in [1.165, 1.54) is 12.1 Å². The zero-order valence-corrected chi connectivity index (χ0v) is 11.8. The van der Waals surface area contributed by atoms with Gasteiger partial charge in [-0.3, -0.25) is 0 Å². The molecule has 0 fully saturated rings. The SMILES string of the molecule is CCOc1ccccc1C1C[C@H](O)c2cc(F)ccc2O1. The molecule has 1 aliphatic rings. The predicted octanol–water partition coefficient (Wildman–Crippen LogP) is 3.78. The maximum Gasteiger partial charge on any atom is 0.130 e. The van der Waals surface area contributed by atoms with Crippen molar-refractivity contribution < 1.29 is 19.0 Å². The monoisotopic (exact) mass is 288 g/mol. The van der Waals surface area contributed by atoms with Crippen LogP contribution in [0.5, 0.6) is 11.5 Å². The first-order valence-electron chi connectivity index (χ1n) is 7.05. The molecular formula is C17H17FO3. The summed E-state index contributed by atoms with van der Waals surface area (Å²) in [6, 6.07) is 11.8. The molecule has 1 unspecified atom stereocenters. The van der Waals surface area contributed by atoms with Gasteiger partial charge in [0.05, 0.1) is 12.7 Å². The molecule has 21 heavy (non-hydrogen) atoms. The van der Waals surface area contributed by atoms with Gasteiger partial charge < -0.3 is 14.6 Å². The number of halogens is 1. The molecule has 2 aromatic carbocycles. The van der Waals surface area contributed by atoms with E-state index in [0.29, 0.717) is 24.3 Å². The van der Waals surface area contributed by atoms with Crippen LogP contribution in [0.15, 0.2) is 42.5 Å². The van der Waals surface area contributed by atoms with E-state index in [-0.39, 0.29) is 11.9 Å². The lowest BCUT2D eigenvalue weighted by Crippen LogP contribution is -2.20. The van der Waals surface area contributed by atoms with Crippen molar-refractivity contribution in [2.75, 3.05) is 6.61 Å². The van der Waals surface area contributed by atoms with Crippen LogP contribution in [0.1, 0.15) is 36.7 Å². The molecule has 110 valence electrons. The molecule has 0 amide bonds. The van der Waals surface area contributed by atoms with Crippen molar-refractivity contribution in [3.63, 3.8) is 0 Å². The maximum absolute atomic E-state index is 13.3. The zero-order chi connectivity index (χ0) is 14.8. The Morgan fingerprint density at radius 3 is 2.86 bits per heavy atom. The Balaban J connectivity index is 1.94. The highest BCUT2D eigenvalue weighted by Crippen LogP contribution is 2.43. The number of ether oxygens (including phenoxy) is 2. The van der Waals surface area contributed by atoms with Gasteiger partial charge in [0.15, 0.2) is 0 Å². The van der Waals surface area contributed by atoms with Crippen LogP contribution in [0.25, 0.3) is 0 Å². The molecule has 0 saturated carbocycles.